The van der Waals surface area contributed by atoms with E-state index in [2.05, 4.69) is 0 Å². The lowest BCUT2D eigenvalue weighted by molar-refractivity contribution is -0.778. The minimum atomic E-state index is -0.372. The molecule has 0 saturated carbocycles. The Balaban J connectivity index is 0.712. The lowest BCUT2D eigenvalue weighted by Gasteiger charge is -2.15. The van der Waals surface area contributed by atoms with Crippen molar-refractivity contribution in [1.29, 1.82) is 0 Å². The zero-order chi connectivity index (χ0) is 63.5. The molecule has 6 rings (SSSR count). The van der Waals surface area contributed by atoms with Crippen LogP contribution in [-0.2, 0) is 71.9 Å². The largest absolute Gasteiger partial charge is 0.487 e. The summed E-state index contributed by atoms with van der Waals surface area (Å²) >= 11 is 0. The second kappa shape index (κ2) is 43.9. The number of benzene rings is 3. The van der Waals surface area contributed by atoms with Crippen LogP contribution in [0.4, 0.5) is 0 Å². The summed E-state index contributed by atoms with van der Waals surface area (Å²) < 4.78 is 77.9. The molecule has 0 saturated heterocycles. The Labute approximate surface area is 530 Å². The summed E-state index contributed by atoms with van der Waals surface area (Å²) in [5.41, 5.74) is 4.36. The Kier molecular flexibility index (Phi) is 34.9. The van der Waals surface area contributed by atoms with Gasteiger partial charge in [0.15, 0.2) is 47.8 Å². The molecule has 0 unspecified atom stereocenters. The number of unbranched alkanes of at least 4 members (excludes halogenated alkanes) is 11. The predicted molar refractivity (Wildman–Crippen MR) is 333 cm³/mol. The van der Waals surface area contributed by atoms with E-state index in [0.717, 1.165) is 107 Å². The molecule has 0 N–H and O–H groups in total. The van der Waals surface area contributed by atoms with Gasteiger partial charge < -0.3 is 61.6 Å². The van der Waals surface area contributed by atoms with Crippen LogP contribution in [0.5, 0.6) is 23.0 Å². The van der Waals surface area contributed by atoms with E-state index in [1.165, 1.54) is 0 Å². The van der Waals surface area contributed by atoms with Crippen LogP contribution in [0.2, 0.25) is 0 Å². The van der Waals surface area contributed by atoms with Gasteiger partial charge in [0.1, 0.15) is 33.0 Å². The Hall–Kier alpha value is -7.65. The highest BCUT2D eigenvalue weighted by Gasteiger charge is 2.16. The second-order valence-corrected chi connectivity index (χ2v) is 21.8. The minimum absolute atomic E-state index is 0.104. The highest BCUT2D eigenvalue weighted by molar-refractivity contribution is 5.90. The van der Waals surface area contributed by atoms with Crippen LogP contribution in [0.25, 0.3) is 0 Å². The monoisotopic (exact) mass is 1250 g/mol. The number of fused-ring (bicyclic) bond motifs is 2. The van der Waals surface area contributed by atoms with Crippen molar-refractivity contribution in [2.24, 2.45) is 0 Å². The molecule has 0 radical (unpaired) electrons. The number of esters is 5. The highest BCUT2D eigenvalue weighted by Crippen LogP contribution is 2.30. The van der Waals surface area contributed by atoms with Gasteiger partial charge in [-0.15, -0.1) is 0 Å². The first kappa shape index (κ1) is 71.4. The molecular formula is C70H94N2O18+2. The van der Waals surface area contributed by atoms with Crippen LogP contribution < -0.4 is 28.1 Å². The average Bonchev–Trinajstić information content (AvgIpc) is 2.27. The third-order valence-corrected chi connectivity index (χ3v) is 14.3. The molecule has 2 aromatic heterocycles. The number of hydrogen-bond acceptors (Lipinski definition) is 18. The van der Waals surface area contributed by atoms with Crippen LogP contribution >= 0.6 is 0 Å². The normalized spacial score (nSPS) is 13.7. The molecule has 0 spiro atoms. The van der Waals surface area contributed by atoms with Gasteiger partial charge in [-0.25, -0.2) is 14.4 Å². The average molecular weight is 1250 g/mol. The van der Waals surface area contributed by atoms with E-state index in [0.29, 0.717) is 165 Å². The maximum atomic E-state index is 12.7. The SMILES string of the molecule is Cc1cc(C)cc(C(=O)OCCCCCCOC(=O)c2cc[n+](CC[n+]3ccc(C(=O)OCCCCCCOC(=O)CCCCCCCCC(=O)OCc4ccc5c(c4)OCCOCCOCCOc4ccccc4OCCOCCOCCO5)cc3)cc2)c1. The van der Waals surface area contributed by atoms with Gasteiger partial charge in [-0.2, -0.15) is 9.13 Å². The van der Waals surface area contributed by atoms with E-state index in [4.69, 9.17) is 61.6 Å². The van der Waals surface area contributed by atoms with Crippen molar-refractivity contribution < 1.29 is 94.7 Å². The van der Waals surface area contributed by atoms with Crippen LogP contribution in [0, 0.1) is 13.8 Å². The summed E-state index contributed by atoms with van der Waals surface area (Å²) in [7, 11) is 0. The van der Waals surface area contributed by atoms with Crippen molar-refractivity contribution in [2.45, 2.75) is 136 Å². The molecule has 3 aromatic carbocycles. The third kappa shape index (κ3) is 30.2. The summed E-state index contributed by atoms with van der Waals surface area (Å²) in [5, 5.41) is 0. The van der Waals surface area contributed by atoms with E-state index < -0.39 is 0 Å². The van der Waals surface area contributed by atoms with Gasteiger partial charge >= 0.3 is 29.8 Å². The third-order valence-electron chi connectivity index (χ3n) is 14.3. The lowest BCUT2D eigenvalue weighted by atomic mass is 10.1. The number of ether oxygens (including phenoxy) is 13. The van der Waals surface area contributed by atoms with Gasteiger partial charge in [-0.05, 0) is 120 Å². The summed E-state index contributed by atoms with van der Waals surface area (Å²) in [6.07, 6.45) is 19.7. The van der Waals surface area contributed by atoms with Gasteiger partial charge in [0.05, 0.1) is 96.0 Å². The van der Waals surface area contributed by atoms with E-state index in [9.17, 15) is 24.0 Å². The molecule has 0 bridgehead atoms. The summed E-state index contributed by atoms with van der Waals surface area (Å²) in [4.78, 5) is 62.5. The number of hydrogen-bond donors (Lipinski definition) is 0. The number of aryl methyl sites for hydroxylation is 4. The van der Waals surface area contributed by atoms with Crippen LogP contribution in [0.3, 0.4) is 0 Å². The Morgan fingerprint density at radius 1 is 0.356 bits per heavy atom. The number of carbonyl (C=O) groups excluding carboxylic acids is 5. The first-order valence-electron chi connectivity index (χ1n) is 32.0. The first-order chi connectivity index (χ1) is 44.1. The maximum Gasteiger partial charge on any atom is 0.338 e. The predicted octanol–water partition coefficient (Wildman–Crippen LogP) is 10.6. The van der Waals surface area contributed by atoms with Gasteiger partial charge in [0, 0.05) is 37.1 Å². The van der Waals surface area contributed by atoms with E-state index >= 15 is 0 Å². The summed E-state index contributed by atoms with van der Waals surface area (Å²) in [6, 6.07) is 25.6. The molecule has 20 heteroatoms. The number of nitrogens with zero attached hydrogens (tertiary/aromatic N) is 2. The van der Waals surface area contributed by atoms with Crippen molar-refractivity contribution in [3.8, 4) is 23.0 Å². The molecule has 0 aliphatic carbocycles. The number of rotatable bonds is 31. The zero-order valence-electron chi connectivity index (χ0n) is 52.9. The van der Waals surface area contributed by atoms with E-state index in [-0.39, 0.29) is 43.1 Å². The minimum Gasteiger partial charge on any atom is -0.487 e. The van der Waals surface area contributed by atoms with Gasteiger partial charge in [-0.1, -0.05) is 61.1 Å². The highest BCUT2D eigenvalue weighted by atomic mass is 16.6. The Bertz CT molecular complexity index is 2850. The molecular weight excluding hydrogens is 1160 g/mol. The number of pyridine rings is 2. The smallest absolute Gasteiger partial charge is 0.338 e. The molecule has 20 nitrogen and oxygen atoms in total. The molecule has 90 heavy (non-hydrogen) atoms. The summed E-state index contributed by atoms with van der Waals surface area (Å²) in [5.74, 6) is 0.850. The van der Waals surface area contributed by atoms with Crippen molar-refractivity contribution in [3.05, 3.63) is 143 Å². The summed E-state index contributed by atoms with van der Waals surface area (Å²) in [6.45, 7) is 11.1. The zero-order valence-corrected chi connectivity index (χ0v) is 52.9. The standard InChI is InChI=1S/C70H94N2O18/c1-56-51-57(2)53-61(52-56)70(77)89-38-18-10-9-17-37-88-69(76)60-27-31-72(32-28-60)34-33-71-29-25-59(26-30-71)68(75)87-36-16-8-7-15-35-86-66(73)21-11-5-3-4-6-12-22-67(74)90-55-58-23-24-64-65(54-58)85-50-46-81-42-41-79-44-48-83-63-20-14-13-19-62(63)82-47-43-78-39-40-80-45-49-84-64/h13-14,19-20,23-32,51-54H,3-12,15-18,21-22,33-50,55H2,1-2H3/q+2. The number of aromatic nitrogens is 2. The Morgan fingerprint density at radius 2 is 0.711 bits per heavy atom. The molecule has 5 aromatic rings. The molecule has 490 valence electrons. The molecule has 3 heterocycles. The van der Waals surface area contributed by atoms with Gasteiger partial charge in [-0.3, -0.25) is 9.59 Å². The molecule has 0 fully saturated rings. The second-order valence-electron chi connectivity index (χ2n) is 21.8. The topological polar surface area (TPSA) is 213 Å². The fraction of sp³-hybridized carbons (Fsp3) is 0.529. The van der Waals surface area contributed by atoms with Crippen LogP contribution in [0.15, 0.2) is 110 Å². The molecule has 1 aliphatic rings. The number of carbonyl (C=O) groups is 5. The van der Waals surface area contributed by atoms with Gasteiger partial charge in [0.25, 0.3) is 0 Å². The fourth-order valence-electron chi connectivity index (χ4n) is 9.46. The van der Waals surface area contributed by atoms with Crippen LogP contribution in [0.1, 0.15) is 150 Å². The van der Waals surface area contributed by atoms with Crippen molar-refractivity contribution in [3.63, 3.8) is 0 Å². The number of para-hydroxylation sites is 2. The quantitative estimate of drug-likeness (QED) is 0.0175. The molecule has 0 atom stereocenters. The van der Waals surface area contributed by atoms with E-state index in [1.54, 1.807) is 30.3 Å². The van der Waals surface area contributed by atoms with Crippen molar-refractivity contribution >= 4 is 29.8 Å². The molecule has 0 amide bonds. The Morgan fingerprint density at radius 3 is 1.16 bits per heavy atom. The maximum absolute atomic E-state index is 12.7. The van der Waals surface area contributed by atoms with Gasteiger partial charge in [0.2, 0.25) is 13.1 Å². The van der Waals surface area contributed by atoms with Crippen molar-refractivity contribution in [1.82, 2.24) is 0 Å². The van der Waals surface area contributed by atoms with E-state index in [1.807, 2.05) is 102 Å². The van der Waals surface area contributed by atoms with Crippen molar-refractivity contribution in [2.75, 3.05) is 106 Å². The van der Waals surface area contributed by atoms with Crippen LogP contribution in [-0.4, -0.2) is 136 Å². The lowest BCUT2D eigenvalue weighted by Crippen LogP contribution is -2.44. The first-order valence-corrected chi connectivity index (χ1v) is 32.0. The molecule has 1 aliphatic heterocycles. The fourth-order valence-corrected chi connectivity index (χ4v) is 9.46.